The first-order chi connectivity index (χ1) is 7.18. The van der Waals surface area contributed by atoms with Crippen LogP contribution in [0.25, 0.3) is 0 Å². The molecule has 4 heteroatoms. The summed E-state index contributed by atoms with van der Waals surface area (Å²) >= 11 is 0. The molecule has 0 radical (unpaired) electrons. The van der Waals surface area contributed by atoms with Crippen molar-refractivity contribution in [1.29, 1.82) is 0 Å². The zero-order valence-corrected chi connectivity index (χ0v) is 8.68. The van der Waals surface area contributed by atoms with Crippen LogP contribution in [-0.4, -0.2) is 20.9 Å². The minimum Gasteiger partial charge on any atom is -0.476 e. The fraction of sp³-hybridized carbons (Fsp3) is 0.455. The maximum atomic E-state index is 10.8. The first kappa shape index (κ1) is 9.96. The van der Waals surface area contributed by atoms with Crippen LogP contribution < -0.4 is 0 Å². The van der Waals surface area contributed by atoms with Gasteiger partial charge in [0.05, 0.1) is 6.04 Å². The molecule has 0 saturated heterocycles. The zero-order valence-electron chi connectivity index (χ0n) is 8.68. The number of nitrogens with zero attached hydrogens (tertiary/aromatic N) is 2. The molecule has 1 aliphatic carbocycles. The molecule has 1 atom stereocenters. The highest BCUT2D eigenvalue weighted by Gasteiger charge is 2.17. The third kappa shape index (κ3) is 1.93. The number of aromatic nitrogens is 2. The molecule has 1 aromatic heterocycles. The fourth-order valence-electron chi connectivity index (χ4n) is 1.88. The van der Waals surface area contributed by atoms with Crippen LogP contribution in [0, 0.1) is 6.92 Å². The summed E-state index contributed by atoms with van der Waals surface area (Å²) in [6.45, 7) is 1.78. The Labute approximate surface area is 88.2 Å². The molecular weight excluding hydrogens is 192 g/mol. The lowest BCUT2D eigenvalue weighted by atomic mass is 10.0. The Balaban J connectivity index is 2.29. The topological polar surface area (TPSA) is 55.1 Å². The average molecular weight is 206 g/mol. The second kappa shape index (κ2) is 3.88. The number of carboxylic acids is 1. The maximum absolute atomic E-state index is 10.8. The van der Waals surface area contributed by atoms with Gasteiger partial charge in [0.15, 0.2) is 5.69 Å². The standard InChI is InChI=1S/C11H14N2O2/c1-8-7-13(12-10(8)11(14)15)9-5-3-2-4-6-9/h3,5,7,9H,2,4,6H2,1H3,(H,14,15). The average Bonchev–Trinajstić information content (AvgIpc) is 2.62. The Bertz CT molecular complexity index is 407. The summed E-state index contributed by atoms with van der Waals surface area (Å²) in [7, 11) is 0. The van der Waals surface area contributed by atoms with Gasteiger partial charge in [0.25, 0.3) is 0 Å². The van der Waals surface area contributed by atoms with Gasteiger partial charge in [-0.3, -0.25) is 4.68 Å². The maximum Gasteiger partial charge on any atom is 0.356 e. The van der Waals surface area contributed by atoms with Crippen molar-refractivity contribution in [2.45, 2.75) is 32.2 Å². The van der Waals surface area contributed by atoms with Crippen molar-refractivity contribution in [2.75, 3.05) is 0 Å². The molecule has 2 rings (SSSR count). The first-order valence-corrected chi connectivity index (χ1v) is 5.14. The fourth-order valence-corrected chi connectivity index (χ4v) is 1.88. The van der Waals surface area contributed by atoms with Crippen LogP contribution in [0.5, 0.6) is 0 Å². The summed E-state index contributed by atoms with van der Waals surface area (Å²) in [5.74, 6) is -0.953. The highest BCUT2D eigenvalue weighted by Crippen LogP contribution is 2.22. The number of carbonyl (C=O) groups is 1. The van der Waals surface area contributed by atoms with Gasteiger partial charge in [-0.25, -0.2) is 4.79 Å². The van der Waals surface area contributed by atoms with E-state index in [0.717, 1.165) is 24.8 Å². The number of hydrogen-bond donors (Lipinski definition) is 1. The Morgan fingerprint density at radius 2 is 2.47 bits per heavy atom. The van der Waals surface area contributed by atoms with E-state index in [4.69, 9.17) is 5.11 Å². The summed E-state index contributed by atoms with van der Waals surface area (Å²) in [5, 5.41) is 13.0. The van der Waals surface area contributed by atoms with Gasteiger partial charge in [-0.05, 0) is 26.2 Å². The minimum absolute atomic E-state index is 0.161. The summed E-state index contributed by atoms with van der Waals surface area (Å²) in [4.78, 5) is 10.8. The molecule has 4 nitrogen and oxygen atoms in total. The van der Waals surface area contributed by atoms with Crippen LogP contribution in [0.15, 0.2) is 18.3 Å². The highest BCUT2D eigenvalue weighted by molar-refractivity contribution is 5.86. The van der Waals surface area contributed by atoms with Gasteiger partial charge in [0, 0.05) is 11.8 Å². The second-order valence-corrected chi connectivity index (χ2v) is 3.87. The van der Waals surface area contributed by atoms with Gasteiger partial charge in [-0.2, -0.15) is 5.10 Å². The molecule has 0 aliphatic heterocycles. The second-order valence-electron chi connectivity index (χ2n) is 3.87. The Morgan fingerprint density at radius 1 is 1.67 bits per heavy atom. The molecular formula is C11H14N2O2. The van der Waals surface area contributed by atoms with Crippen molar-refractivity contribution in [1.82, 2.24) is 9.78 Å². The highest BCUT2D eigenvalue weighted by atomic mass is 16.4. The van der Waals surface area contributed by atoms with E-state index in [0.29, 0.717) is 0 Å². The van der Waals surface area contributed by atoms with Gasteiger partial charge in [-0.1, -0.05) is 12.2 Å². The number of carboxylic acid groups (broad SMARTS) is 1. The van der Waals surface area contributed by atoms with Crippen molar-refractivity contribution >= 4 is 5.97 Å². The van der Waals surface area contributed by atoms with E-state index in [9.17, 15) is 4.79 Å². The monoisotopic (exact) mass is 206 g/mol. The molecule has 1 heterocycles. The molecule has 15 heavy (non-hydrogen) atoms. The van der Waals surface area contributed by atoms with E-state index in [-0.39, 0.29) is 11.7 Å². The number of aromatic carboxylic acids is 1. The molecule has 0 aromatic carbocycles. The Morgan fingerprint density at radius 3 is 3.00 bits per heavy atom. The van der Waals surface area contributed by atoms with Crippen LogP contribution in [0.1, 0.15) is 41.4 Å². The molecule has 0 saturated carbocycles. The molecule has 1 unspecified atom stereocenters. The normalized spacial score (nSPS) is 20.5. The third-order valence-corrected chi connectivity index (χ3v) is 2.69. The van der Waals surface area contributed by atoms with Crippen molar-refractivity contribution < 1.29 is 9.90 Å². The van der Waals surface area contributed by atoms with Gasteiger partial charge in [0.2, 0.25) is 0 Å². The van der Waals surface area contributed by atoms with Crippen LogP contribution in [0.2, 0.25) is 0 Å². The summed E-state index contributed by atoms with van der Waals surface area (Å²) in [6.07, 6.45) is 9.33. The van der Waals surface area contributed by atoms with Gasteiger partial charge in [-0.15, -0.1) is 0 Å². The summed E-state index contributed by atoms with van der Waals surface area (Å²) in [6, 6.07) is 0.227. The van der Waals surface area contributed by atoms with E-state index in [1.54, 1.807) is 11.6 Å². The van der Waals surface area contributed by atoms with Crippen LogP contribution in [-0.2, 0) is 0 Å². The SMILES string of the molecule is Cc1cn(C2C=CCCC2)nc1C(=O)O. The molecule has 1 aliphatic rings. The Hall–Kier alpha value is -1.58. The van der Waals surface area contributed by atoms with Gasteiger partial charge < -0.3 is 5.11 Å². The lowest BCUT2D eigenvalue weighted by Crippen LogP contribution is -2.10. The zero-order chi connectivity index (χ0) is 10.8. The summed E-state index contributed by atoms with van der Waals surface area (Å²) in [5.41, 5.74) is 0.885. The van der Waals surface area contributed by atoms with Crippen molar-refractivity contribution in [3.05, 3.63) is 29.6 Å². The number of rotatable bonds is 2. The largest absolute Gasteiger partial charge is 0.476 e. The summed E-state index contributed by atoms with van der Waals surface area (Å²) < 4.78 is 1.76. The van der Waals surface area contributed by atoms with Crippen LogP contribution in [0.3, 0.4) is 0 Å². The smallest absolute Gasteiger partial charge is 0.356 e. The van der Waals surface area contributed by atoms with Gasteiger partial charge >= 0.3 is 5.97 Å². The van der Waals surface area contributed by atoms with E-state index in [1.165, 1.54) is 0 Å². The molecule has 0 fully saturated rings. The van der Waals surface area contributed by atoms with E-state index < -0.39 is 5.97 Å². The lowest BCUT2D eigenvalue weighted by molar-refractivity contribution is 0.0688. The molecule has 0 spiro atoms. The van der Waals surface area contributed by atoms with Crippen LogP contribution in [0.4, 0.5) is 0 Å². The molecule has 1 aromatic rings. The molecule has 0 amide bonds. The predicted octanol–water partition coefficient (Wildman–Crippen LogP) is 2.17. The van der Waals surface area contributed by atoms with Crippen LogP contribution >= 0.6 is 0 Å². The van der Waals surface area contributed by atoms with E-state index in [1.807, 2.05) is 6.20 Å². The number of aryl methyl sites for hydroxylation is 1. The van der Waals surface area contributed by atoms with Crippen molar-refractivity contribution in [2.24, 2.45) is 0 Å². The van der Waals surface area contributed by atoms with Gasteiger partial charge in [0.1, 0.15) is 0 Å². The molecule has 80 valence electrons. The van der Waals surface area contributed by atoms with E-state index >= 15 is 0 Å². The minimum atomic E-state index is -0.953. The van der Waals surface area contributed by atoms with Crippen molar-refractivity contribution in [3.63, 3.8) is 0 Å². The quantitative estimate of drug-likeness (QED) is 0.754. The number of allylic oxidation sites excluding steroid dienone is 2. The third-order valence-electron chi connectivity index (χ3n) is 2.69. The number of hydrogen-bond acceptors (Lipinski definition) is 2. The molecule has 0 bridgehead atoms. The molecule has 1 N–H and O–H groups in total. The Kier molecular flexibility index (Phi) is 2.58. The lowest BCUT2D eigenvalue weighted by Gasteiger charge is -2.16. The first-order valence-electron chi connectivity index (χ1n) is 5.14. The van der Waals surface area contributed by atoms with E-state index in [2.05, 4.69) is 17.3 Å². The predicted molar refractivity (Wildman–Crippen MR) is 56.0 cm³/mol. The van der Waals surface area contributed by atoms with Crippen molar-refractivity contribution in [3.8, 4) is 0 Å².